The smallest absolute Gasteiger partial charge is 0.257 e. The van der Waals surface area contributed by atoms with Crippen molar-refractivity contribution in [1.29, 1.82) is 0 Å². The maximum absolute atomic E-state index is 13.4. The highest BCUT2D eigenvalue weighted by molar-refractivity contribution is 5.96. The Labute approximate surface area is 170 Å². The molecule has 6 heteroatoms. The van der Waals surface area contributed by atoms with Crippen LogP contribution in [0.3, 0.4) is 0 Å². The molecule has 4 heterocycles. The Hall–Kier alpha value is -3.15. The number of piperidine rings is 1. The normalized spacial score (nSPS) is 23.2. The van der Waals surface area contributed by atoms with Gasteiger partial charge in [-0.15, -0.1) is 0 Å². The van der Waals surface area contributed by atoms with Gasteiger partial charge in [-0.2, -0.15) is 5.10 Å². The van der Waals surface area contributed by atoms with Gasteiger partial charge in [-0.25, -0.2) is 4.68 Å². The highest BCUT2D eigenvalue weighted by atomic mass is 16.5. The molecular weight excluding hydrogens is 364 g/mol. The molecule has 29 heavy (non-hydrogen) atoms. The van der Waals surface area contributed by atoms with Crippen LogP contribution in [-0.2, 0) is 0 Å². The molecule has 2 aliphatic rings. The summed E-state index contributed by atoms with van der Waals surface area (Å²) in [5.41, 5.74) is 2.55. The largest absolute Gasteiger partial charge is 0.490 e. The van der Waals surface area contributed by atoms with Gasteiger partial charge in [-0.05, 0) is 44.0 Å². The third-order valence-corrected chi connectivity index (χ3v) is 6.12. The zero-order valence-corrected chi connectivity index (χ0v) is 16.4. The highest BCUT2D eigenvalue weighted by Gasteiger charge is 2.44. The minimum atomic E-state index is 0.0968. The van der Waals surface area contributed by atoms with Gasteiger partial charge in [-0.1, -0.05) is 18.2 Å². The minimum absolute atomic E-state index is 0.0968. The number of aromatic nitrogens is 3. The number of carbonyl (C=O) groups excluding carboxylic acids is 1. The number of para-hydroxylation sites is 1. The summed E-state index contributed by atoms with van der Waals surface area (Å²) in [6.45, 7) is 1.97. The summed E-state index contributed by atoms with van der Waals surface area (Å²) >= 11 is 0. The fourth-order valence-electron chi connectivity index (χ4n) is 4.75. The average Bonchev–Trinajstić information content (AvgIpc) is 3.26. The Morgan fingerprint density at radius 2 is 1.72 bits per heavy atom. The number of nitrogens with zero attached hydrogens (tertiary/aromatic N) is 4. The van der Waals surface area contributed by atoms with Gasteiger partial charge in [0, 0.05) is 37.3 Å². The second-order valence-electron chi connectivity index (χ2n) is 7.88. The molecule has 3 aromatic rings. The Kier molecular flexibility index (Phi) is 4.54. The number of rotatable bonds is 4. The summed E-state index contributed by atoms with van der Waals surface area (Å²) in [4.78, 5) is 19.5. The molecule has 2 saturated heterocycles. The number of hydrogen-bond donors (Lipinski definition) is 0. The molecule has 1 aromatic carbocycles. The number of pyridine rings is 1. The third kappa shape index (κ3) is 3.28. The third-order valence-electron chi connectivity index (χ3n) is 6.12. The van der Waals surface area contributed by atoms with Crippen LogP contribution in [0.1, 0.15) is 41.7 Å². The van der Waals surface area contributed by atoms with Gasteiger partial charge in [0.2, 0.25) is 0 Å². The second-order valence-corrected chi connectivity index (χ2v) is 7.88. The van der Waals surface area contributed by atoms with Gasteiger partial charge < -0.3 is 9.64 Å². The Bertz CT molecular complexity index is 988. The molecule has 0 aliphatic carbocycles. The number of amides is 1. The van der Waals surface area contributed by atoms with Crippen LogP contribution in [0.5, 0.6) is 5.75 Å². The van der Waals surface area contributed by atoms with Crippen molar-refractivity contribution in [3.05, 3.63) is 72.3 Å². The highest BCUT2D eigenvalue weighted by Crippen LogP contribution is 2.38. The zero-order chi connectivity index (χ0) is 19.8. The topological polar surface area (TPSA) is 60.3 Å². The molecule has 5 rings (SSSR count). The first kappa shape index (κ1) is 17.9. The first-order valence-corrected chi connectivity index (χ1v) is 10.2. The van der Waals surface area contributed by atoms with Gasteiger partial charge in [0.05, 0.1) is 23.1 Å². The predicted octanol–water partition coefficient (Wildman–Crippen LogP) is 3.79. The van der Waals surface area contributed by atoms with Crippen LogP contribution >= 0.6 is 0 Å². The van der Waals surface area contributed by atoms with E-state index in [4.69, 9.17) is 4.74 Å². The maximum Gasteiger partial charge on any atom is 0.257 e. The van der Waals surface area contributed by atoms with E-state index in [2.05, 4.69) is 15.0 Å². The number of carbonyl (C=O) groups is 1. The van der Waals surface area contributed by atoms with E-state index in [-0.39, 0.29) is 24.1 Å². The lowest BCUT2D eigenvalue weighted by Gasteiger charge is -2.38. The standard InChI is InChI=1S/C23H24N4O2/c1-16-22(15-25-27(16)17-5-3-2-4-6-17)23(28)26-18-7-8-19(26)14-21(13-18)29-20-9-11-24-12-10-20/h2-6,9-12,15,18-19,21H,7-8,13-14H2,1H3. The molecule has 2 fully saturated rings. The van der Waals surface area contributed by atoms with Gasteiger partial charge in [0.25, 0.3) is 5.91 Å². The number of benzene rings is 1. The van der Waals surface area contributed by atoms with Crippen molar-refractivity contribution in [2.24, 2.45) is 0 Å². The van der Waals surface area contributed by atoms with E-state index >= 15 is 0 Å². The number of fused-ring (bicyclic) bond motifs is 2. The average molecular weight is 388 g/mol. The fraction of sp³-hybridized carbons (Fsp3) is 0.348. The van der Waals surface area contributed by atoms with Crippen molar-refractivity contribution in [3.63, 3.8) is 0 Å². The summed E-state index contributed by atoms with van der Waals surface area (Å²) in [6, 6.07) is 14.2. The maximum atomic E-state index is 13.4. The van der Waals surface area contributed by atoms with E-state index in [1.54, 1.807) is 18.6 Å². The Morgan fingerprint density at radius 3 is 2.41 bits per heavy atom. The molecule has 0 saturated carbocycles. The monoisotopic (exact) mass is 388 g/mol. The predicted molar refractivity (Wildman–Crippen MR) is 109 cm³/mol. The zero-order valence-electron chi connectivity index (χ0n) is 16.4. The number of hydrogen-bond acceptors (Lipinski definition) is 4. The summed E-state index contributed by atoms with van der Waals surface area (Å²) in [6.07, 6.45) is 9.17. The molecule has 1 amide bonds. The minimum Gasteiger partial charge on any atom is -0.490 e. The first-order valence-electron chi connectivity index (χ1n) is 10.2. The lowest BCUT2D eigenvalue weighted by Crippen LogP contribution is -2.49. The van der Waals surface area contributed by atoms with Crippen LogP contribution in [-0.4, -0.2) is 43.8 Å². The lowest BCUT2D eigenvalue weighted by molar-refractivity contribution is 0.0358. The van der Waals surface area contributed by atoms with E-state index in [1.165, 1.54) is 0 Å². The van der Waals surface area contributed by atoms with Crippen LogP contribution in [0.2, 0.25) is 0 Å². The van der Waals surface area contributed by atoms with Crippen molar-refractivity contribution in [2.75, 3.05) is 0 Å². The molecule has 2 atom stereocenters. The van der Waals surface area contributed by atoms with E-state index in [0.717, 1.165) is 42.8 Å². The van der Waals surface area contributed by atoms with Crippen molar-refractivity contribution >= 4 is 5.91 Å². The summed E-state index contributed by atoms with van der Waals surface area (Å²) in [5.74, 6) is 0.948. The number of ether oxygens (including phenoxy) is 1. The van der Waals surface area contributed by atoms with Crippen molar-refractivity contribution < 1.29 is 9.53 Å². The van der Waals surface area contributed by atoms with Gasteiger partial charge in [0.1, 0.15) is 11.9 Å². The van der Waals surface area contributed by atoms with E-state index < -0.39 is 0 Å². The van der Waals surface area contributed by atoms with E-state index in [0.29, 0.717) is 5.56 Å². The van der Waals surface area contributed by atoms with Crippen molar-refractivity contribution in [3.8, 4) is 11.4 Å². The SMILES string of the molecule is Cc1c(C(=O)N2C3CCC2CC(Oc2ccncc2)C3)cnn1-c1ccccc1. The van der Waals surface area contributed by atoms with Gasteiger partial charge >= 0.3 is 0 Å². The molecule has 2 bridgehead atoms. The summed E-state index contributed by atoms with van der Waals surface area (Å²) in [7, 11) is 0. The lowest BCUT2D eigenvalue weighted by atomic mass is 9.98. The molecule has 6 nitrogen and oxygen atoms in total. The Morgan fingerprint density at radius 1 is 1.03 bits per heavy atom. The Balaban J connectivity index is 1.34. The molecule has 2 aliphatic heterocycles. The van der Waals surface area contributed by atoms with E-state index in [1.807, 2.05) is 54.1 Å². The van der Waals surface area contributed by atoms with Crippen LogP contribution in [0.15, 0.2) is 61.1 Å². The summed E-state index contributed by atoms with van der Waals surface area (Å²) in [5, 5.41) is 4.48. The second kappa shape index (κ2) is 7.35. The van der Waals surface area contributed by atoms with Crippen molar-refractivity contribution in [1.82, 2.24) is 19.7 Å². The molecule has 148 valence electrons. The van der Waals surface area contributed by atoms with Crippen LogP contribution in [0.25, 0.3) is 5.69 Å². The van der Waals surface area contributed by atoms with E-state index in [9.17, 15) is 4.79 Å². The molecule has 2 unspecified atom stereocenters. The first-order chi connectivity index (χ1) is 14.2. The van der Waals surface area contributed by atoms with Gasteiger partial charge in [0.15, 0.2) is 0 Å². The molecule has 0 spiro atoms. The van der Waals surface area contributed by atoms with Crippen LogP contribution < -0.4 is 4.74 Å². The molecule has 2 aromatic heterocycles. The molecule has 0 N–H and O–H groups in total. The quantitative estimate of drug-likeness (QED) is 0.682. The fourth-order valence-corrected chi connectivity index (χ4v) is 4.75. The summed E-state index contributed by atoms with van der Waals surface area (Å²) < 4.78 is 8.00. The van der Waals surface area contributed by atoms with Crippen molar-refractivity contribution in [2.45, 2.75) is 50.8 Å². The molecular formula is C23H24N4O2. The van der Waals surface area contributed by atoms with Crippen LogP contribution in [0.4, 0.5) is 0 Å². The van der Waals surface area contributed by atoms with Crippen LogP contribution in [0, 0.1) is 6.92 Å². The van der Waals surface area contributed by atoms with Gasteiger partial charge in [-0.3, -0.25) is 9.78 Å². The molecule has 0 radical (unpaired) electrons.